The largest absolute Gasteiger partial charge is 0.274 e. The number of carbonyl (C=O) groups is 2. The Bertz CT molecular complexity index is 1460. The number of nitro benzene ring substituents is 1. The minimum absolute atomic E-state index is 0.109. The first-order valence-corrected chi connectivity index (χ1v) is 12.9. The molecule has 0 spiro atoms. The fourth-order valence-electron chi connectivity index (χ4n) is 6.07. The number of aryl methyl sites for hydroxylation is 2. The lowest BCUT2D eigenvalue weighted by atomic mass is 9.85. The van der Waals surface area contributed by atoms with Crippen molar-refractivity contribution in [3.05, 3.63) is 121 Å². The van der Waals surface area contributed by atoms with Crippen LogP contribution in [-0.4, -0.2) is 16.7 Å². The number of hydrogen-bond donors (Lipinski definition) is 0. The predicted octanol–water partition coefficient (Wildman–Crippen LogP) is 6.40. The Morgan fingerprint density at radius 3 is 1.73 bits per heavy atom. The lowest BCUT2D eigenvalue weighted by Gasteiger charge is -2.22. The molecule has 1 heterocycles. The summed E-state index contributed by atoms with van der Waals surface area (Å²) in [5.74, 6) is -1.88. The molecule has 2 fully saturated rings. The van der Waals surface area contributed by atoms with Crippen molar-refractivity contribution >= 4 is 44.7 Å². The summed E-state index contributed by atoms with van der Waals surface area (Å²) in [5, 5.41) is 11.2. The monoisotopic (exact) mass is 554 g/mol. The van der Waals surface area contributed by atoms with Gasteiger partial charge in [0.15, 0.2) is 0 Å². The normalized spacial score (nSPS) is 23.6. The van der Waals surface area contributed by atoms with E-state index in [0.717, 1.165) is 33.4 Å². The molecular formula is C30H23BrN2O4. The first-order chi connectivity index (χ1) is 17.8. The predicted molar refractivity (Wildman–Crippen MR) is 145 cm³/mol. The summed E-state index contributed by atoms with van der Waals surface area (Å²) in [4.78, 5) is 39.4. The molecule has 37 heavy (non-hydrogen) atoms. The number of nitrogens with zero attached hydrogens (tertiary/aromatic N) is 2. The van der Waals surface area contributed by atoms with E-state index >= 15 is 0 Å². The van der Waals surface area contributed by atoms with Crippen LogP contribution in [0.15, 0.2) is 88.9 Å². The van der Waals surface area contributed by atoms with Crippen LogP contribution in [-0.2, 0) is 9.59 Å². The first kappa shape index (κ1) is 23.6. The van der Waals surface area contributed by atoms with Crippen LogP contribution in [0, 0.1) is 47.6 Å². The van der Waals surface area contributed by atoms with Crippen molar-refractivity contribution < 1.29 is 14.5 Å². The maximum absolute atomic E-state index is 13.8. The molecule has 3 aromatic carbocycles. The quantitative estimate of drug-likeness (QED) is 0.162. The number of rotatable bonds is 4. The molecule has 0 aromatic heterocycles. The van der Waals surface area contributed by atoms with Gasteiger partial charge in [0.2, 0.25) is 11.8 Å². The number of halogens is 1. The molecule has 0 N–H and O–H groups in total. The lowest BCUT2D eigenvalue weighted by molar-refractivity contribution is -0.384. The van der Waals surface area contributed by atoms with Crippen LogP contribution in [0.1, 0.15) is 22.3 Å². The number of amides is 2. The molecule has 1 saturated heterocycles. The number of fused-ring (bicyclic) bond motifs is 5. The van der Waals surface area contributed by atoms with Crippen molar-refractivity contribution in [1.82, 2.24) is 0 Å². The summed E-state index contributed by atoms with van der Waals surface area (Å²) in [6, 6.07) is 20.9. The molecule has 7 heteroatoms. The third kappa shape index (κ3) is 3.60. The molecular weight excluding hydrogens is 532 g/mol. The fraction of sp³-hybridized carbons (Fsp3) is 0.200. The number of anilines is 1. The summed E-state index contributed by atoms with van der Waals surface area (Å²) in [6.07, 6.45) is 4.15. The van der Waals surface area contributed by atoms with Crippen LogP contribution < -0.4 is 4.90 Å². The summed E-state index contributed by atoms with van der Waals surface area (Å²) >= 11 is 3.34. The molecule has 0 radical (unpaired) electrons. The zero-order valence-electron chi connectivity index (χ0n) is 20.2. The summed E-state index contributed by atoms with van der Waals surface area (Å²) < 4.78 is 0.347. The van der Waals surface area contributed by atoms with Crippen LogP contribution >= 0.6 is 15.9 Å². The van der Waals surface area contributed by atoms with Gasteiger partial charge in [0.25, 0.3) is 5.69 Å². The number of hydrogen-bond acceptors (Lipinski definition) is 4. The SMILES string of the molecule is Cc1ccc(C(=C2[C@H]3C=C[C@H]2[C@@H]2C(=O)N(c4ccc([N+](=O)[O-])cc4Br)C(=O)[C@H]23)c2ccc(C)cc2)cc1. The summed E-state index contributed by atoms with van der Waals surface area (Å²) in [7, 11) is 0. The van der Waals surface area contributed by atoms with Gasteiger partial charge in [0.1, 0.15) is 0 Å². The molecule has 3 aliphatic rings. The number of non-ortho nitro benzene ring substituents is 1. The molecule has 1 saturated carbocycles. The van der Waals surface area contributed by atoms with Crippen LogP contribution in [0.3, 0.4) is 0 Å². The second-order valence-electron chi connectivity index (χ2n) is 9.96. The maximum atomic E-state index is 13.8. The maximum Gasteiger partial charge on any atom is 0.270 e. The van der Waals surface area contributed by atoms with Crippen LogP contribution in [0.4, 0.5) is 11.4 Å². The van der Waals surface area contributed by atoms with E-state index in [1.54, 1.807) is 0 Å². The van der Waals surface area contributed by atoms with Gasteiger partial charge in [-0.3, -0.25) is 19.7 Å². The smallest absolute Gasteiger partial charge is 0.270 e. The molecule has 6 nitrogen and oxygen atoms in total. The van der Waals surface area contributed by atoms with Crippen LogP contribution in [0.2, 0.25) is 0 Å². The van der Waals surface area contributed by atoms with Crippen molar-refractivity contribution in [2.45, 2.75) is 13.8 Å². The topological polar surface area (TPSA) is 80.5 Å². The molecule has 184 valence electrons. The third-order valence-corrected chi connectivity index (χ3v) is 8.40. The molecule has 2 bridgehead atoms. The number of imide groups is 1. The minimum Gasteiger partial charge on any atom is -0.274 e. The van der Waals surface area contributed by atoms with Crippen molar-refractivity contribution in [3.8, 4) is 0 Å². The number of carbonyl (C=O) groups excluding carboxylic acids is 2. The highest BCUT2D eigenvalue weighted by atomic mass is 79.9. The molecule has 0 unspecified atom stereocenters. The van der Waals surface area contributed by atoms with Gasteiger partial charge in [0.05, 0.1) is 22.4 Å². The van der Waals surface area contributed by atoms with Crippen LogP contribution in [0.25, 0.3) is 5.57 Å². The van der Waals surface area contributed by atoms with Gasteiger partial charge < -0.3 is 0 Å². The average Bonchev–Trinajstić information content (AvgIpc) is 3.51. The number of nitro groups is 1. The number of benzene rings is 3. The van der Waals surface area contributed by atoms with Crippen LogP contribution in [0.5, 0.6) is 0 Å². The van der Waals surface area contributed by atoms with E-state index < -0.39 is 16.8 Å². The Balaban J connectivity index is 1.46. The second kappa shape index (κ2) is 8.63. The van der Waals surface area contributed by atoms with Crippen molar-refractivity contribution in [3.63, 3.8) is 0 Å². The molecule has 2 aliphatic carbocycles. The van der Waals surface area contributed by atoms with E-state index in [9.17, 15) is 19.7 Å². The van der Waals surface area contributed by atoms with Crippen molar-refractivity contribution in [2.24, 2.45) is 23.7 Å². The summed E-state index contributed by atoms with van der Waals surface area (Å²) in [6.45, 7) is 4.10. The van der Waals surface area contributed by atoms with Gasteiger partial charge in [-0.15, -0.1) is 0 Å². The fourth-order valence-corrected chi connectivity index (χ4v) is 6.61. The Morgan fingerprint density at radius 2 is 1.30 bits per heavy atom. The molecule has 2 amide bonds. The average molecular weight is 555 g/mol. The molecule has 1 aliphatic heterocycles. The summed E-state index contributed by atoms with van der Waals surface area (Å²) in [5.41, 5.74) is 6.90. The first-order valence-electron chi connectivity index (χ1n) is 12.1. The van der Waals surface area contributed by atoms with Gasteiger partial charge in [-0.2, -0.15) is 0 Å². The molecule has 3 aromatic rings. The second-order valence-corrected chi connectivity index (χ2v) is 10.8. The van der Waals surface area contributed by atoms with E-state index in [1.807, 2.05) is 0 Å². The third-order valence-electron chi connectivity index (χ3n) is 7.77. The highest BCUT2D eigenvalue weighted by Gasteiger charge is 2.62. The van der Waals surface area contributed by atoms with Crippen molar-refractivity contribution in [1.29, 1.82) is 0 Å². The minimum atomic E-state index is -0.504. The zero-order valence-corrected chi connectivity index (χ0v) is 21.8. The van der Waals surface area contributed by atoms with Gasteiger partial charge >= 0.3 is 0 Å². The lowest BCUT2D eigenvalue weighted by Crippen LogP contribution is -2.33. The zero-order chi connectivity index (χ0) is 26.0. The standard InChI is InChI=1S/C30H23BrN2O4/c1-16-3-7-18(8-4-16)25(19-9-5-17(2)6-10-19)26-21-12-13-22(26)28-27(21)29(34)32(30(28)35)24-14-11-20(33(36)37)15-23(24)31/h3-15,21-22,27-28H,1-2H3/t21-,22-,27+,28+/m1/s1. The highest BCUT2D eigenvalue weighted by molar-refractivity contribution is 9.10. The highest BCUT2D eigenvalue weighted by Crippen LogP contribution is 2.59. The van der Waals surface area contributed by atoms with Crippen molar-refractivity contribution in [2.75, 3.05) is 4.90 Å². The van der Waals surface area contributed by atoms with Gasteiger partial charge in [0, 0.05) is 28.4 Å². The van der Waals surface area contributed by atoms with E-state index in [4.69, 9.17) is 0 Å². The van der Waals surface area contributed by atoms with Gasteiger partial charge in [-0.25, -0.2) is 4.90 Å². The van der Waals surface area contributed by atoms with E-state index in [1.165, 1.54) is 23.1 Å². The number of allylic oxidation sites excluding steroid dienone is 3. The van der Waals surface area contributed by atoms with E-state index in [0.29, 0.717) is 10.2 Å². The Hall–Kier alpha value is -3.84. The Morgan fingerprint density at radius 1 is 0.811 bits per heavy atom. The molecule has 4 atom stereocenters. The Labute approximate surface area is 222 Å². The van der Waals surface area contributed by atoms with E-state index in [2.05, 4.69) is 90.5 Å². The Kier molecular flexibility index (Phi) is 5.49. The van der Waals surface area contributed by atoms with E-state index in [-0.39, 0.29) is 29.3 Å². The van der Waals surface area contributed by atoms with Gasteiger partial charge in [-0.05, 0) is 58.1 Å². The molecule has 6 rings (SSSR count). The van der Waals surface area contributed by atoms with Gasteiger partial charge in [-0.1, -0.05) is 71.8 Å².